The maximum Gasteiger partial charge on any atom is 0.390 e. The second-order valence-corrected chi connectivity index (χ2v) is 7.93. The molecule has 1 aromatic heterocycles. The maximum absolute atomic E-state index is 12.4. The van der Waals surface area contributed by atoms with E-state index in [1.807, 2.05) is 4.72 Å². The first-order chi connectivity index (χ1) is 12.5. The van der Waals surface area contributed by atoms with E-state index in [0.717, 1.165) is 0 Å². The molecule has 0 radical (unpaired) electrons. The zero-order valence-electron chi connectivity index (χ0n) is 13.4. The minimum atomic E-state index is -4.62. The van der Waals surface area contributed by atoms with Crippen LogP contribution in [0.5, 0.6) is 0 Å². The molecule has 27 heavy (non-hydrogen) atoms. The third kappa shape index (κ3) is 6.64. The summed E-state index contributed by atoms with van der Waals surface area (Å²) in [5.74, 6) is -1.64. The van der Waals surface area contributed by atoms with E-state index in [1.165, 1.54) is 30.5 Å². The van der Waals surface area contributed by atoms with E-state index in [9.17, 15) is 26.4 Å². The number of anilines is 1. The van der Waals surface area contributed by atoms with Gasteiger partial charge in [-0.25, -0.2) is 18.4 Å². The smallest absolute Gasteiger partial charge is 0.294 e. The Hall–Kier alpha value is -1.91. The Morgan fingerprint density at radius 3 is 2.52 bits per heavy atom. The van der Waals surface area contributed by atoms with Crippen molar-refractivity contribution >= 4 is 44.7 Å². The van der Waals surface area contributed by atoms with Crippen molar-refractivity contribution in [1.29, 1.82) is 0 Å². The summed E-state index contributed by atoms with van der Waals surface area (Å²) in [4.78, 5) is 20.0. The molecule has 146 valence electrons. The van der Waals surface area contributed by atoms with Crippen molar-refractivity contribution in [2.45, 2.75) is 19.0 Å². The van der Waals surface area contributed by atoms with Crippen LogP contribution in [0.4, 0.5) is 18.9 Å². The summed E-state index contributed by atoms with van der Waals surface area (Å²) in [6, 6.07) is 5.43. The lowest BCUT2D eigenvalue weighted by molar-refractivity contribution is -0.129. The molecule has 0 unspecified atom stereocenters. The van der Waals surface area contributed by atoms with Crippen LogP contribution in [0.1, 0.15) is 22.5 Å². The van der Waals surface area contributed by atoms with Crippen molar-refractivity contribution in [3.8, 4) is 0 Å². The number of aromatic nitrogens is 2. The molecule has 1 heterocycles. The number of carbonyl (C=O) groups is 1. The molecule has 0 aliphatic heterocycles. The van der Waals surface area contributed by atoms with Gasteiger partial charge in [-0.3, -0.25) is 9.52 Å². The molecule has 0 atom stereocenters. The molecule has 0 saturated carbocycles. The van der Waals surface area contributed by atoms with Gasteiger partial charge in [0.05, 0.1) is 35.0 Å². The quantitative estimate of drug-likeness (QED) is 0.519. The highest BCUT2D eigenvalue weighted by atomic mass is 35.5. The van der Waals surface area contributed by atoms with Gasteiger partial charge in [-0.1, -0.05) is 17.7 Å². The lowest BCUT2D eigenvalue weighted by Gasteiger charge is -2.13. The number of halogens is 5. The second kappa shape index (κ2) is 8.41. The number of sulfonamides is 1. The Morgan fingerprint density at radius 1 is 1.19 bits per heavy atom. The van der Waals surface area contributed by atoms with Crippen molar-refractivity contribution in [2.24, 2.45) is 0 Å². The van der Waals surface area contributed by atoms with Crippen LogP contribution in [0, 0.1) is 0 Å². The van der Waals surface area contributed by atoms with Crippen molar-refractivity contribution in [3.05, 3.63) is 52.0 Å². The number of ketones is 1. The zero-order chi connectivity index (χ0) is 20.2. The molecule has 12 heteroatoms. The molecule has 2 aromatic rings. The zero-order valence-corrected chi connectivity index (χ0v) is 15.8. The largest absolute Gasteiger partial charge is 0.390 e. The first-order valence-corrected chi connectivity index (χ1v) is 9.74. The highest BCUT2D eigenvalue weighted by Gasteiger charge is 2.30. The van der Waals surface area contributed by atoms with Gasteiger partial charge in [0.25, 0.3) is 0 Å². The predicted octanol–water partition coefficient (Wildman–Crippen LogP) is 3.90. The van der Waals surface area contributed by atoms with Crippen LogP contribution < -0.4 is 4.72 Å². The molecule has 1 N–H and O–H groups in total. The third-order valence-corrected chi connectivity index (χ3v) is 5.11. The molecule has 0 fully saturated rings. The number of hydrogen-bond acceptors (Lipinski definition) is 5. The standard InChI is InChI=1S/C15H12Cl2F3N3O3S/c16-13-10(12(24)8-9-4-6-21-14(17)22-9)2-1-3-11(13)23-27(25,26)7-5-15(18,19)20/h1-4,6,23H,5,7-8H2. The normalized spacial score (nSPS) is 12.0. The Labute approximate surface area is 162 Å². The fourth-order valence-corrected chi connectivity index (χ4v) is 3.63. The average Bonchev–Trinajstić information content (AvgIpc) is 2.54. The van der Waals surface area contributed by atoms with E-state index in [4.69, 9.17) is 23.2 Å². The Bertz CT molecular complexity index is 953. The van der Waals surface area contributed by atoms with E-state index in [2.05, 4.69) is 9.97 Å². The summed E-state index contributed by atoms with van der Waals surface area (Å²) < 4.78 is 62.3. The van der Waals surface area contributed by atoms with Gasteiger partial charge in [-0.15, -0.1) is 0 Å². The number of nitrogens with zero attached hydrogens (tertiary/aromatic N) is 2. The fraction of sp³-hybridized carbons (Fsp3) is 0.267. The number of Topliss-reactive ketones (excluding diaryl/α,β-unsaturated/α-hetero) is 1. The molecule has 1 aromatic carbocycles. The lowest BCUT2D eigenvalue weighted by Crippen LogP contribution is -2.22. The molecule has 0 bridgehead atoms. The number of rotatable bonds is 7. The second-order valence-electron chi connectivity index (χ2n) is 5.37. The summed E-state index contributed by atoms with van der Waals surface area (Å²) in [6.45, 7) is 0. The van der Waals surface area contributed by atoms with Gasteiger partial charge in [-0.05, 0) is 29.8 Å². The Kier molecular flexibility index (Phi) is 6.66. The van der Waals surface area contributed by atoms with Gasteiger partial charge < -0.3 is 0 Å². The Morgan fingerprint density at radius 2 is 1.89 bits per heavy atom. The topological polar surface area (TPSA) is 89.0 Å². The monoisotopic (exact) mass is 441 g/mol. The summed E-state index contributed by atoms with van der Waals surface area (Å²) in [5, 5.41) is -0.268. The third-order valence-electron chi connectivity index (χ3n) is 3.24. The summed E-state index contributed by atoms with van der Waals surface area (Å²) in [5.41, 5.74) is 0.125. The van der Waals surface area contributed by atoms with E-state index in [0.29, 0.717) is 5.69 Å². The van der Waals surface area contributed by atoms with Gasteiger partial charge in [0.2, 0.25) is 15.3 Å². The molecule has 2 rings (SSSR count). The first kappa shape index (κ1) is 21.4. The number of hydrogen-bond donors (Lipinski definition) is 1. The van der Waals surface area contributed by atoms with Gasteiger partial charge in [0.1, 0.15) is 0 Å². The molecule has 6 nitrogen and oxygen atoms in total. The summed E-state index contributed by atoms with van der Waals surface area (Å²) >= 11 is 11.7. The highest BCUT2D eigenvalue weighted by molar-refractivity contribution is 7.92. The van der Waals surface area contributed by atoms with Crippen LogP contribution in [0.3, 0.4) is 0 Å². The van der Waals surface area contributed by atoms with Crippen molar-refractivity contribution in [2.75, 3.05) is 10.5 Å². The SMILES string of the molecule is O=C(Cc1ccnc(Cl)n1)c1cccc(NS(=O)(=O)CCC(F)(F)F)c1Cl. The minimum Gasteiger partial charge on any atom is -0.294 e. The fourth-order valence-electron chi connectivity index (χ4n) is 2.02. The molecule has 0 aliphatic rings. The van der Waals surface area contributed by atoms with Crippen molar-refractivity contribution in [3.63, 3.8) is 0 Å². The molecule has 0 saturated heterocycles. The number of benzene rings is 1. The predicted molar refractivity (Wildman–Crippen MR) is 94.6 cm³/mol. The maximum atomic E-state index is 12.4. The van der Waals surface area contributed by atoms with Crippen LogP contribution in [-0.4, -0.2) is 36.1 Å². The van der Waals surface area contributed by atoms with E-state index >= 15 is 0 Å². The highest BCUT2D eigenvalue weighted by Crippen LogP contribution is 2.28. The molecule has 0 spiro atoms. The van der Waals surface area contributed by atoms with Crippen molar-refractivity contribution in [1.82, 2.24) is 9.97 Å². The Balaban J connectivity index is 2.18. The van der Waals surface area contributed by atoms with Gasteiger partial charge in [0.15, 0.2) is 5.78 Å². The van der Waals surface area contributed by atoms with Gasteiger partial charge >= 0.3 is 6.18 Å². The molecular weight excluding hydrogens is 430 g/mol. The summed E-state index contributed by atoms with van der Waals surface area (Å²) in [6.07, 6.45) is -4.93. The van der Waals surface area contributed by atoms with Gasteiger partial charge in [-0.2, -0.15) is 13.2 Å². The number of alkyl halides is 3. The molecule has 0 aliphatic carbocycles. The molecular formula is C15H12Cl2F3N3O3S. The van der Waals surface area contributed by atoms with E-state index < -0.39 is 34.2 Å². The van der Waals surface area contributed by atoms with Crippen LogP contribution in [0.2, 0.25) is 10.3 Å². The van der Waals surface area contributed by atoms with Crippen LogP contribution >= 0.6 is 23.2 Å². The molecule has 0 amide bonds. The van der Waals surface area contributed by atoms with Crippen molar-refractivity contribution < 1.29 is 26.4 Å². The van der Waals surface area contributed by atoms with Crippen LogP contribution in [0.25, 0.3) is 0 Å². The minimum absolute atomic E-state index is 0.0116. The van der Waals surface area contributed by atoms with E-state index in [1.54, 1.807) is 0 Å². The average molecular weight is 442 g/mol. The van der Waals surface area contributed by atoms with Crippen LogP contribution in [-0.2, 0) is 16.4 Å². The summed E-state index contributed by atoms with van der Waals surface area (Å²) in [7, 11) is -4.30. The lowest BCUT2D eigenvalue weighted by atomic mass is 10.1. The van der Waals surface area contributed by atoms with E-state index in [-0.39, 0.29) is 28.0 Å². The van der Waals surface area contributed by atoms with Crippen LogP contribution in [0.15, 0.2) is 30.5 Å². The first-order valence-electron chi connectivity index (χ1n) is 7.33. The number of carbonyl (C=O) groups excluding carboxylic acids is 1. The number of nitrogens with one attached hydrogen (secondary N) is 1. The van der Waals surface area contributed by atoms with Gasteiger partial charge in [0, 0.05) is 11.8 Å².